The Labute approximate surface area is 174 Å². The smallest absolute Gasteiger partial charge is 0.191 e. The summed E-state index contributed by atoms with van der Waals surface area (Å²) in [5.41, 5.74) is 1.40. The third-order valence-corrected chi connectivity index (χ3v) is 5.88. The van der Waals surface area contributed by atoms with Gasteiger partial charge in [-0.2, -0.15) is 0 Å². The minimum Gasteiger partial charge on any atom is -0.373 e. The third kappa shape index (κ3) is 4.70. The lowest BCUT2D eigenvalue weighted by Crippen LogP contribution is -2.50. The molecule has 144 valence electrons. The maximum atomic E-state index is 5.94. The molecule has 3 heterocycles. The van der Waals surface area contributed by atoms with Crippen LogP contribution in [0.1, 0.15) is 37.7 Å². The van der Waals surface area contributed by atoms with Crippen molar-refractivity contribution in [2.75, 3.05) is 20.1 Å². The second kappa shape index (κ2) is 9.37. The topological polar surface area (TPSA) is 48.9 Å². The molecule has 2 bridgehead atoms. The first-order valence-corrected chi connectivity index (χ1v) is 9.72. The van der Waals surface area contributed by atoms with Crippen molar-refractivity contribution >= 4 is 29.9 Å². The molecule has 0 aromatic heterocycles. The number of nitrogens with zero attached hydrogens (tertiary/aromatic N) is 2. The quantitative estimate of drug-likeness (QED) is 0.395. The molecule has 0 spiro atoms. The Morgan fingerprint density at radius 2 is 2.08 bits per heavy atom. The number of nitrogens with one attached hydrogen (secondary N) is 2. The van der Waals surface area contributed by atoms with Crippen LogP contribution in [0, 0.1) is 0 Å². The predicted octanol–water partition coefficient (Wildman–Crippen LogP) is 2.75. The van der Waals surface area contributed by atoms with Crippen molar-refractivity contribution in [3.8, 4) is 0 Å². The van der Waals surface area contributed by atoms with Gasteiger partial charge in [-0.3, -0.25) is 9.89 Å². The zero-order valence-electron chi connectivity index (χ0n) is 15.6. The van der Waals surface area contributed by atoms with E-state index in [9.17, 15) is 0 Å². The first-order chi connectivity index (χ1) is 12.3. The predicted molar refractivity (Wildman–Crippen MR) is 116 cm³/mol. The molecule has 26 heavy (non-hydrogen) atoms. The first-order valence-electron chi connectivity index (χ1n) is 9.72. The van der Waals surface area contributed by atoms with Gasteiger partial charge in [0, 0.05) is 26.2 Å². The van der Waals surface area contributed by atoms with Crippen LogP contribution in [0.5, 0.6) is 0 Å². The summed E-state index contributed by atoms with van der Waals surface area (Å²) < 4.78 is 5.94. The summed E-state index contributed by atoms with van der Waals surface area (Å²) in [5, 5.41) is 7.14. The van der Waals surface area contributed by atoms with Gasteiger partial charge >= 0.3 is 0 Å². The number of halogens is 1. The number of aliphatic imine (C=N–C) groups is 1. The second-order valence-electron chi connectivity index (χ2n) is 7.57. The van der Waals surface area contributed by atoms with E-state index in [4.69, 9.17) is 4.74 Å². The van der Waals surface area contributed by atoms with Gasteiger partial charge in [0.25, 0.3) is 0 Å². The largest absolute Gasteiger partial charge is 0.373 e. The summed E-state index contributed by atoms with van der Waals surface area (Å²) in [4.78, 5) is 7.02. The van der Waals surface area contributed by atoms with Gasteiger partial charge in [0.15, 0.2) is 5.96 Å². The van der Waals surface area contributed by atoms with Gasteiger partial charge in [-0.05, 0) is 44.2 Å². The van der Waals surface area contributed by atoms with Gasteiger partial charge in [-0.15, -0.1) is 24.0 Å². The summed E-state index contributed by atoms with van der Waals surface area (Å²) in [7, 11) is 1.86. The van der Waals surface area contributed by atoms with E-state index < -0.39 is 0 Å². The van der Waals surface area contributed by atoms with E-state index in [1.165, 1.54) is 37.8 Å². The van der Waals surface area contributed by atoms with E-state index in [0.29, 0.717) is 24.3 Å². The number of ether oxygens (including phenoxy) is 1. The van der Waals surface area contributed by atoms with Gasteiger partial charge in [-0.25, -0.2) is 0 Å². The van der Waals surface area contributed by atoms with Gasteiger partial charge in [-0.1, -0.05) is 30.3 Å². The van der Waals surface area contributed by atoms with Crippen LogP contribution in [-0.2, 0) is 11.3 Å². The highest BCUT2D eigenvalue weighted by Gasteiger charge is 2.41. The Bertz CT molecular complexity index is 597. The van der Waals surface area contributed by atoms with Crippen molar-refractivity contribution in [2.24, 2.45) is 4.99 Å². The maximum absolute atomic E-state index is 5.94. The average molecular weight is 470 g/mol. The van der Waals surface area contributed by atoms with E-state index in [-0.39, 0.29) is 24.0 Å². The lowest BCUT2D eigenvalue weighted by atomic mass is 9.96. The fourth-order valence-electron chi connectivity index (χ4n) is 4.53. The molecule has 1 aromatic carbocycles. The van der Waals surface area contributed by atoms with Crippen LogP contribution in [0.3, 0.4) is 0 Å². The normalized spacial score (nSPS) is 31.0. The molecule has 4 unspecified atom stereocenters. The van der Waals surface area contributed by atoms with Crippen LogP contribution in [0.25, 0.3) is 0 Å². The van der Waals surface area contributed by atoms with Gasteiger partial charge in [0.2, 0.25) is 0 Å². The molecule has 0 saturated carbocycles. The molecule has 3 saturated heterocycles. The lowest BCUT2D eigenvalue weighted by Gasteiger charge is -2.27. The second-order valence-corrected chi connectivity index (χ2v) is 7.57. The molecule has 3 aliphatic rings. The summed E-state index contributed by atoms with van der Waals surface area (Å²) in [6.45, 7) is 3.18. The minimum absolute atomic E-state index is 0. The summed E-state index contributed by atoms with van der Waals surface area (Å²) in [6, 6.07) is 11.8. The number of fused-ring (bicyclic) bond motifs is 2. The molecule has 4 rings (SSSR count). The highest BCUT2D eigenvalue weighted by atomic mass is 127. The third-order valence-electron chi connectivity index (χ3n) is 5.88. The van der Waals surface area contributed by atoms with E-state index in [1.54, 1.807) is 0 Å². The van der Waals surface area contributed by atoms with Crippen LogP contribution < -0.4 is 10.6 Å². The Morgan fingerprint density at radius 3 is 2.77 bits per heavy atom. The first kappa shape index (κ1) is 19.9. The minimum atomic E-state index is 0. The molecule has 3 aliphatic heterocycles. The van der Waals surface area contributed by atoms with Crippen molar-refractivity contribution in [2.45, 2.75) is 62.9 Å². The molecular formula is C20H31IN4O. The summed E-state index contributed by atoms with van der Waals surface area (Å²) in [6.07, 6.45) is 6.92. The molecule has 5 nitrogen and oxygen atoms in total. The van der Waals surface area contributed by atoms with E-state index in [2.05, 4.69) is 50.9 Å². The zero-order valence-corrected chi connectivity index (χ0v) is 17.9. The number of benzene rings is 1. The van der Waals surface area contributed by atoms with E-state index >= 15 is 0 Å². The number of hydrogen-bond acceptors (Lipinski definition) is 3. The summed E-state index contributed by atoms with van der Waals surface area (Å²) in [5.74, 6) is 0.924. The number of guanidine groups is 1. The Kier molecular flexibility index (Phi) is 7.17. The van der Waals surface area contributed by atoms with Gasteiger partial charge in [0.05, 0.1) is 18.2 Å². The zero-order chi connectivity index (χ0) is 17.1. The van der Waals surface area contributed by atoms with Crippen LogP contribution >= 0.6 is 24.0 Å². The molecule has 6 heteroatoms. The van der Waals surface area contributed by atoms with Crippen molar-refractivity contribution in [3.63, 3.8) is 0 Å². The highest BCUT2D eigenvalue weighted by molar-refractivity contribution is 14.0. The number of likely N-dealkylation sites (tertiary alicyclic amines) is 1. The van der Waals surface area contributed by atoms with E-state index in [0.717, 1.165) is 25.5 Å². The lowest BCUT2D eigenvalue weighted by molar-refractivity contribution is 0.0992. The van der Waals surface area contributed by atoms with Crippen LogP contribution in [0.4, 0.5) is 0 Å². The highest BCUT2D eigenvalue weighted by Crippen LogP contribution is 2.34. The SMILES string of the molecule is CN=C(NCC1CCCN1Cc1ccccc1)NC1CC2CCC1O2.I. The standard InChI is InChI=1S/C20H30N4O.HI/c1-21-20(23-18-12-17-9-10-19(18)25-17)22-13-16-8-5-11-24(16)14-15-6-3-2-4-7-15;/h2-4,6-7,16-19H,5,8-14H2,1H3,(H2,21,22,23);1H. The molecule has 1 aromatic rings. The van der Waals surface area contributed by atoms with Crippen LogP contribution in [-0.4, -0.2) is 55.3 Å². The Balaban J connectivity index is 0.00000196. The van der Waals surface area contributed by atoms with Crippen molar-refractivity contribution in [3.05, 3.63) is 35.9 Å². The van der Waals surface area contributed by atoms with Crippen LogP contribution in [0.2, 0.25) is 0 Å². The Hall–Kier alpha value is -0.860. The van der Waals surface area contributed by atoms with E-state index in [1.807, 2.05) is 7.05 Å². The van der Waals surface area contributed by atoms with Crippen molar-refractivity contribution in [1.29, 1.82) is 0 Å². The average Bonchev–Trinajstić information content (AvgIpc) is 3.37. The fraction of sp³-hybridized carbons (Fsp3) is 0.650. The fourth-order valence-corrected chi connectivity index (χ4v) is 4.53. The van der Waals surface area contributed by atoms with Crippen molar-refractivity contribution in [1.82, 2.24) is 15.5 Å². The Morgan fingerprint density at radius 1 is 1.23 bits per heavy atom. The van der Waals surface area contributed by atoms with Gasteiger partial charge < -0.3 is 15.4 Å². The molecule has 0 aliphatic carbocycles. The maximum Gasteiger partial charge on any atom is 0.191 e. The molecule has 2 N–H and O–H groups in total. The summed E-state index contributed by atoms with van der Waals surface area (Å²) >= 11 is 0. The molecule has 0 amide bonds. The number of hydrogen-bond donors (Lipinski definition) is 2. The van der Waals surface area contributed by atoms with Gasteiger partial charge in [0.1, 0.15) is 0 Å². The number of rotatable bonds is 5. The monoisotopic (exact) mass is 470 g/mol. The molecule has 3 fully saturated rings. The van der Waals surface area contributed by atoms with Crippen LogP contribution in [0.15, 0.2) is 35.3 Å². The molecule has 0 radical (unpaired) electrons. The molecule has 4 atom stereocenters. The van der Waals surface area contributed by atoms with Crippen molar-refractivity contribution < 1.29 is 4.74 Å². The molecular weight excluding hydrogens is 439 g/mol.